The highest BCUT2D eigenvalue weighted by Gasteiger charge is 2.10. The number of hydrogen-bond donors (Lipinski definition) is 3. The normalized spacial score (nSPS) is 9.89. The topological polar surface area (TPSA) is 106 Å². The SMILES string of the molecule is CCCOC(=O)CCC(=O)NC(=S)NNC(=O)COc1ccc(Cl)cc1C. The van der Waals surface area contributed by atoms with E-state index in [2.05, 4.69) is 16.2 Å². The molecule has 0 aliphatic heterocycles. The van der Waals surface area contributed by atoms with Crippen molar-refractivity contribution in [1.29, 1.82) is 0 Å². The van der Waals surface area contributed by atoms with Gasteiger partial charge in [0.05, 0.1) is 13.0 Å². The highest BCUT2D eigenvalue weighted by molar-refractivity contribution is 7.80. The lowest BCUT2D eigenvalue weighted by molar-refractivity contribution is -0.144. The fourth-order valence-electron chi connectivity index (χ4n) is 1.80. The van der Waals surface area contributed by atoms with Gasteiger partial charge in [-0.25, -0.2) is 0 Å². The molecule has 2 amide bonds. The quantitative estimate of drug-likeness (QED) is 0.337. The van der Waals surface area contributed by atoms with Crippen molar-refractivity contribution in [3.8, 4) is 5.75 Å². The lowest BCUT2D eigenvalue weighted by Gasteiger charge is -2.12. The number of thiocarbonyl (C=S) groups is 1. The minimum atomic E-state index is -0.496. The van der Waals surface area contributed by atoms with Gasteiger partial charge in [0.1, 0.15) is 5.75 Å². The number of aryl methyl sites for hydroxylation is 1. The lowest BCUT2D eigenvalue weighted by atomic mass is 10.2. The maximum Gasteiger partial charge on any atom is 0.306 e. The zero-order valence-electron chi connectivity index (χ0n) is 15.1. The van der Waals surface area contributed by atoms with Gasteiger partial charge in [0.15, 0.2) is 11.7 Å². The maximum atomic E-state index is 11.7. The third kappa shape index (κ3) is 9.76. The Bertz CT molecular complexity index is 699. The molecule has 27 heavy (non-hydrogen) atoms. The summed E-state index contributed by atoms with van der Waals surface area (Å²) in [7, 11) is 0. The van der Waals surface area contributed by atoms with Crippen LogP contribution in [0.5, 0.6) is 5.75 Å². The van der Waals surface area contributed by atoms with Gasteiger partial charge in [0.25, 0.3) is 5.91 Å². The smallest absolute Gasteiger partial charge is 0.306 e. The first-order chi connectivity index (χ1) is 12.8. The molecule has 0 heterocycles. The molecule has 0 atom stereocenters. The summed E-state index contributed by atoms with van der Waals surface area (Å²) in [5.74, 6) is -0.887. The molecule has 1 rings (SSSR count). The number of rotatable bonds is 8. The van der Waals surface area contributed by atoms with Crippen molar-refractivity contribution >= 4 is 46.7 Å². The predicted octanol–water partition coefficient (Wildman–Crippen LogP) is 1.78. The van der Waals surface area contributed by atoms with Crippen LogP contribution in [0.2, 0.25) is 5.02 Å². The summed E-state index contributed by atoms with van der Waals surface area (Å²) in [5, 5.41) is 2.81. The molecule has 1 aromatic carbocycles. The number of carbonyl (C=O) groups is 3. The summed E-state index contributed by atoms with van der Waals surface area (Å²) in [4.78, 5) is 34.7. The maximum absolute atomic E-state index is 11.7. The molecule has 148 valence electrons. The van der Waals surface area contributed by atoms with Crippen molar-refractivity contribution in [3.05, 3.63) is 28.8 Å². The third-order valence-corrected chi connectivity index (χ3v) is 3.53. The van der Waals surface area contributed by atoms with Crippen molar-refractivity contribution in [2.45, 2.75) is 33.1 Å². The molecule has 8 nitrogen and oxygen atoms in total. The Morgan fingerprint density at radius 1 is 1.15 bits per heavy atom. The molecule has 3 N–H and O–H groups in total. The van der Waals surface area contributed by atoms with Crippen LogP contribution in [0.15, 0.2) is 18.2 Å². The molecule has 1 aromatic rings. The zero-order valence-corrected chi connectivity index (χ0v) is 16.7. The van der Waals surface area contributed by atoms with Gasteiger partial charge in [-0.1, -0.05) is 18.5 Å². The van der Waals surface area contributed by atoms with E-state index >= 15 is 0 Å². The molecule has 0 saturated heterocycles. The van der Waals surface area contributed by atoms with Gasteiger partial charge in [-0.15, -0.1) is 0 Å². The second-order valence-corrected chi connectivity index (χ2v) is 6.31. The van der Waals surface area contributed by atoms with Crippen LogP contribution in [0.3, 0.4) is 0 Å². The Balaban J connectivity index is 2.23. The average molecular weight is 416 g/mol. The van der Waals surface area contributed by atoms with E-state index in [9.17, 15) is 14.4 Å². The summed E-state index contributed by atoms with van der Waals surface area (Å²) >= 11 is 10.7. The van der Waals surface area contributed by atoms with E-state index < -0.39 is 17.8 Å². The van der Waals surface area contributed by atoms with Crippen molar-refractivity contribution in [1.82, 2.24) is 16.2 Å². The molecule has 0 aliphatic carbocycles. The Morgan fingerprint density at radius 2 is 1.89 bits per heavy atom. The molecule has 10 heteroatoms. The van der Waals surface area contributed by atoms with Crippen LogP contribution in [0.25, 0.3) is 0 Å². The van der Waals surface area contributed by atoms with Crippen LogP contribution in [0.4, 0.5) is 0 Å². The summed E-state index contributed by atoms with van der Waals surface area (Å²) in [6.07, 6.45) is 0.597. The molecule has 0 spiro atoms. The first-order valence-electron chi connectivity index (χ1n) is 8.25. The zero-order chi connectivity index (χ0) is 20.2. The van der Waals surface area contributed by atoms with Crippen molar-refractivity contribution in [2.24, 2.45) is 0 Å². The van der Waals surface area contributed by atoms with Crippen LogP contribution in [0, 0.1) is 6.92 Å². The van der Waals surface area contributed by atoms with Crippen LogP contribution in [0.1, 0.15) is 31.7 Å². The number of benzene rings is 1. The molecule has 0 radical (unpaired) electrons. The molecular formula is C17H22ClN3O5S. The molecule has 0 unspecified atom stereocenters. The van der Waals surface area contributed by atoms with Gasteiger partial charge in [0, 0.05) is 11.4 Å². The monoisotopic (exact) mass is 415 g/mol. The van der Waals surface area contributed by atoms with E-state index in [1.54, 1.807) is 25.1 Å². The second-order valence-electron chi connectivity index (χ2n) is 5.47. The number of hydrazine groups is 1. The van der Waals surface area contributed by atoms with E-state index in [-0.39, 0.29) is 24.6 Å². The first-order valence-corrected chi connectivity index (χ1v) is 9.03. The highest BCUT2D eigenvalue weighted by Crippen LogP contribution is 2.21. The van der Waals surface area contributed by atoms with Gasteiger partial charge in [-0.3, -0.25) is 25.2 Å². The highest BCUT2D eigenvalue weighted by atomic mass is 35.5. The van der Waals surface area contributed by atoms with Gasteiger partial charge in [0.2, 0.25) is 5.91 Å². The molecule has 0 bridgehead atoms. The van der Waals surface area contributed by atoms with E-state index in [0.717, 1.165) is 5.56 Å². The van der Waals surface area contributed by atoms with E-state index in [1.165, 1.54) is 0 Å². The summed E-state index contributed by atoms with van der Waals surface area (Å²) in [6, 6.07) is 5.03. The molecule has 0 aromatic heterocycles. The largest absolute Gasteiger partial charge is 0.483 e. The fraction of sp³-hybridized carbons (Fsp3) is 0.412. The number of hydrogen-bond acceptors (Lipinski definition) is 6. The van der Waals surface area contributed by atoms with Gasteiger partial charge >= 0.3 is 5.97 Å². The van der Waals surface area contributed by atoms with Crippen molar-refractivity contribution in [3.63, 3.8) is 0 Å². The number of halogens is 1. The van der Waals surface area contributed by atoms with Crippen LogP contribution in [-0.2, 0) is 19.1 Å². The fourth-order valence-corrected chi connectivity index (χ4v) is 2.20. The number of carbonyl (C=O) groups excluding carboxylic acids is 3. The molecule has 0 fully saturated rings. The number of ether oxygens (including phenoxy) is 2. The van der Waals surface area contributed by atoms with Crippen molar-refractivity contribution < 1.29 is 23.9 Å². The summed E-state index contributed by atoms with van der Waals surface area (Å²) in [5.41, 5.74) is 5.47. The van der Waals surface area contributed by atoms with Gasteiger partial charge in [-0.05, 0) is 49.3 Å². The Labute approximate surface area is 167 Å². The Hall–Kier alpha value is -2.39. The number of esters is 1. The van der Waals surface area contributed by atoms with E-state index in [1.807, 2.05) is 6.92 Å². The Morgan fingerprint density at radius 3 is 2.56 bits per heavy atom. The van der Waals surface area contributed by atoms with Crippen molar-refractivity contribution in [2.75, 3.05) is 13.2 Å². The van der Waals surface area contributed by atoms with E-state index in [0.29, 0.717) is 23.8 Å². The molecule has 0 saturated carbocycles. The first kappa shape index (κ1) is 22.7. The van der Waals surface area contributed by atoms with E-state index in [4.69, 9.17) is 33.3 Å². The van der Waals surface area contributed by atoms with Crippen LogP contribution < -0.4 is 20.9 Å². The third-order valence-electron chi connectivity index (χ3n) is 3.09. The predicted molar refractivity (Wildman–Crippen MR) is 104 cm³/mol. The number of nitrogens with one attached hydrogen (secondary N) is 3. The van der Waals surface area contributed by atoms with Crippen LogP contribution >= 0.6 is 23.8 Å². The lowest BCUT2D eigenvalue weighted by Crippen LogP contribution is -2.49. The molecule has 0 aliphatic rings. The summed E-state index contributed by atoms with van der Waals surface area (Å²) < 4.78 is 10.2. The summed E-state index contributed by atoms with van der Waals surface area (Å²) in [6.45, 7) is 3.75. The number of amides is 2. The van der Waals surface area contributed by atoms with Gasteiger partial charge in [-0.2, -0.15) is 0 Å². The minimum absolute atomic E-state index is 0.0465. The molecular weight excluding hydrogens is 394 g/mol. The standard InChI is InChI=1S/C17H22ClN3O5S/c1-3-8-25-16(24)7-6-14(22)19-17(27)21-20-15(23)10-26-13-5-4-12(18)9-11(13)2/h4-5,9H,3,6-8,10H2,1-2H3,(H,20,23)(H2,19,21,22,27). The van der Waals surface area contributed by atoms with Crippen LogP contribution in [-0.4, -0.2) is 36.1 Å². The average Bonchev–Trinajstić information content (AvgIpc) is 2.62. The Kier molecular flexibility index (Phi) is 10.1. The second kappa shape index (κ2) is 12.1. The van der Waals surface area contributed by atoms with Gasteiger partial charge < -0.3 is 14.8 Å². The minimum Gasteiger partial charge on any atom is -0.483 e.